The molecule has 0 saturated heterocycles. The first kappa shape index (κ1) is 26.1. The molecule has 0 radical (unpaired) electrons. The van der Waals surface area contributed by atoms with Crippen LogP contribution in [0.4, 0.5) is 0 Å². The maximum absolute atomic E-state index is 12.3. The normalized spacial score (nSPS) is 11.7. The third kappa shape index (κ3) is 8.02. The summed E-state index contributed by atoms with van der Waals surface area (Å²) in [5, 5.41) is 4.70. The lowest BCUT2D eigenvalue weighted by Crippen LogP contribution is -2.33. The number of nitrogens with one attached hydrogen (secondary N) is 1. The Morgan fingerprint density at radius 1 is 1.00 bits per heavy atom. The van der Waals surface area contributed by atoms with Gasteiger partial charge in [0.25, 0.3) is 5.91 Å². The minimum absolute atomic E-state index is 0.305. The predicted molar refractivity (Wildman–Crippen MR) is 136 cm³/mol. The fourth-order valence-corrected chi connectivity index (χ4v) is 3.22. The molecule has 0 aliphatic rings. The molecule has 35 heavy (non-hydrogen) atoms. The second-order valence-corrected chi connectivity index (χ2v) is 8.24. The largest absolute Gasteiger partial charge is 0.494 e. The van der Waals surface area contributed by atoms with Gasteiger partial charge in [-0.05, 0) is 85.6 Å². The number of hydrogen-bond donors (Lipinski definition) is 1. The molecule has 1 amide bonds. The summed E-state index contributed by atoms with van der Waals surface area (Å²) >= 11 is 11.9. The van der Waals surface area contributed by atoms with Gasteiger partial charge in [0.2, 0.25) is 0 Å². The Labute approximate surface area is 213 Å². The first-order chi connectivity index (χ1) is 16.9. The molecule has 0 aliphatic carbocycles. The number of halogens is 2. The number of benzene rings is 3. The zero-order valence-electron chi connectivity index (χ0n) is 19.2. The smallest absolute Gasteiger partial charge is 0.343 e. The molecule has 9 heteroatoms. The summed E-state index contributed by atoms with van der Waals surface area (Å²) in [6.45, 7) is 4.22. The zero-order valence-corrected chi connectivity index (χ0v) is 20.7. The van der Waals surface area contributed by atoms with Crippen LogP contribution in [0.3, 0.4) is 0 Å². The monoisotopic (exact) mass is 514 g/mol. The number of ether oxygens (including phenoxy) is 3. The van der Waals surface area contributed by atoms with Crippen LogP contribution in [0.15, 0.2) is 71.8 Å². The zero-order chi connectivity index (χ0) is 25.2. The molecule has 3 aromatic carbocycles. The number of amides is 1. The third-order valence-electron chi connectivity index (χ3n) is 4.61. The van der Waals surface area contributed by atoms with Crippen molar-refractivity contribution in [2.45, 2.75) is 26.4 Å². The molecule has 0 saturated carbocycles. The summed E-state index contributed by atoms with van der Waals surface area (Å²) in [4.78, 5) is 24.6. The van der Waals surface area contributed by atoms with Crippen molar-refractivity contribution >= 4 is 41.3 Å². The average Bonchev–Trinajstić information content (AvgIpc) is 2.85. The van der Waals surface area contributed by atoms with Gasteiger partial charge in [-0.1, -0.05) is 30.1 Å². The summed E-state index contributed by atoms with van der Waals surface area (Å²) in [7, 11) is 0. The van der Waals surface area contributed by atoms with Crippen LogP contribution in [0.2, 0.25) is 10.0 Å². The van der Waals surface area contributed by atoms with Gasteiger partial charge in [0.15, 0.2) is 6.10 Å². The van der Waals surface area contributed by atoms with Gasteiger partial charge in [0, 0.05) is 5.02 Å². The van der Waals surface area contributed by atoms with Crippen molar-refractivity contribution in [3.63, 3.8) is 0 Å². The average molecular weight is 515 g/mol. The summed E-state index contributed by atoms with van der Waals surface area (Å²) in [6.07, 6.45) is 1.53. The minimum atomic E-state index is -0.833. The highest BCUT2D eigenvalue weighted by Crippen LogP contribution is 2.28. The molecule has 0 aromatic heterocycles. The van der Waals surface area contributed by atoms with E-state index in [0.29, 0.717) is 45.0 Å². The van der Waals surface area contributed by atoms with Crippen LogP contribution in [0.1, 0.15) is 36.2 Å². The second-order valence-electron chi connectivity index (χ2n) is 7.40. The van der Waals surface area contributed by atoms with E-state index in [-0.39, 0.29) is 0 Å². The van der Waals surface area contributed by atoms with Gasteiger partial charge in [-0.15, -0.1) is 0 Å². The lowest BCUT2D eigenvalue weighted by atomic mass is 10.2. The van der Waals surface area contributed by atoms with Crippen LogP contribution in [-0.4, -0.2) is 30.8 Å². The van der Waals surface area contributed by atoms with Gasteiger partial charge >= 0.3 is 5.97 Å². The lowest BCUT2D eigenvalue weighted by molar-refractivity contribution is -0.127. The van der Waals surface area contributed by atoms with Crippen LogP contribution < -0.4 is 19.6 Å². The van der Waals surface area contributed by atoms with Crippen molar-refractivity contribution in [2.75, 3.05) is 6.61 Å². The van der Waals surface area contributed by atoms with Gasteiger partial charge in [0.1, 0.15) is 17.2 Å². The standard InChI is InChI=1S/C26H24Cl2N2O5/c1-3-14-33-21-11-6-19(7-12-21)26(32)35-22-9-4-18(5-10-22)16-29-30-25(31)17(2)34-24-13-8-20(27)15-23(24)28/h4-13,15-17H,3,14H2,1-2H3,(H,30,31)/b29-16-/t17-/m1/s1. The van der Waals surface area contributed by atoms with Crippen molar-refractivity contribution in [3.8, 4) is 17.2 Å². The van der Waals surface area contributed by atoms with Crippen LogP contribution in [0, 0.1) is 0 Å². The Bertz CT molecular complexity index is 1180. The van der Waals surface area contributed by atoms with Crippen LogP contribution in [0.5, 0.6) is 17.2 Å². The molecule has 3 rings (SSSR count). The highest BCUT2D eigenvalue weighted by Gasteiger charge is 2.15. The number of rotatable bonds is 10. The van der Waals surface area contributed by atoms with Gasteiger partial charge in [-0.25, -0.2) is 10.2 Å². The van der Waals surface area contributed by atoms with Crippen molar-refractivity contribution in [3.05, 3.63) is 87.9 Å². The van der Waals surface area contributed by atoms with Crippen molar-refractivity contribution in [1.29, 1.82) is 0 Å². The number of carbonyl (C=O) groups excluding carboxylic acids is 2. The fraction of sp³-hybridized carbons (Fsp3) is 0.192. The molecule has 1 atom stereocenters. The molecule has 0 aliphatic heterocycles. The van der Waals surface area contributed by atoms with E-state index in [4.69, 9.17) is 37.4 Å². The van der Waals surface area contributed by atoms with E-state index in [0.717, 1.165) is 6.42 Å². The Kier molecular flexibility index (Phi) is 9.52. The first-order valence-corrected chi connectivity index (χ1v) is 11.6. The Hall–Kier alpha value is -3.55. The molecule has 3 aromatic rings. The van der Waals surface area contributed by atoms with Crippen LogP contribution >= 0.6 is 23.2 Å². The predicted octanol–water partition coefficient (Wildman–Crippen LogP) is 5.92. The molecule has 0 spiro atoms. The molecule has 182 valence electrons. The maximum atomic E-state index is 12.3. The summed E-state index contributed by atoms with van der Waals surface area (Å²) in [5.41, 5.74) is 3.52. The Morgan fingerprint density at radius 3 is 2.34 bits per heavy atom. The maximum Gasteiger partial charge on any atom is 0.343 e. The molecule has 7 nitrogen and oxygen atoms in total. The fourth-order valence-electron chi connectivity index (χ4n) is 2.77. The van der Waals surface area contributed by atoms with Gasteiger partial charge < -0.3 is 14.2 Å². The van der Waals surface area contributed by atoms with E-state index >= 15 is 0 Å². The molecule has 0 heterocycles. The number of hydrazone groups is 1. The summed E-state index contributed by atoms with van der Waals surface area (Å²) in [5.74, 6) is 0.492. The second kappa shape index (κ2) is 12.8. The molecule has 0 fully saturated rings. The lowest BCUT2D eigenvalue weighted by Gasteiger charge is -2.14. The molecular weight excluding hydrogens is 491 g/mol. The van der Waals surface area contributed by atoms with Gasteiger partial charge in [0.05, 0.1) is 23.4 Å². The quantitative estimate of drug-likeness (QED) is 0.157. The van der Waals surface area contributed by atoms with E-state index < -0.39 is 18.0 Å². The van der Waals surface area contributed by atoms with Gasteiger partial charge in [-0.2, -0.15) is 5.10 Å². The van der Waals surface area contributed by atoms with Gasteiger partial charge in [-0.3, -0.25) is 4.79 Å². The van der Waals surface area contributed by atoms with E-state index in [1.54, 1.807) is 67.6 Å². The Morgan fingerprint density at radius 2 is 1.69 bits per heavy atom. The van der Waals surface area contributed by atoms with E-state index in [1.165, 1.54) is 12.3 Å². The number of nitrogens with zero attached hydrogens (tertiary/aromatic N) is 1. The molecular formula is C26H24Cl2N2O5. The topological polar surface area (TPSA) is 86.2 Å². The third-order valence-corrected chi connectivity index (χ3v) is 5.14. The highest BCUT2D eigenvalue weighted by molar-refractivity contribution is 6.35. The molecule has 1 N–H and O–H groups in total. The summed E-state index contributed by atoms with van der Waals surface area (Å²) in [6, 6.07) is 18.2. The highest BCUT2D eigenvalue weighted by atomic mass is 35.5. The number of carbonyl (C=O) groups is 2. The molecule has 0 bridgehead atoms. The van der Waals surface area contributed by atoms with Crippen LogP contribution in [0.25, 0.3) is 0 Å². The molecule has 0 unspecified atom stereocenters. The van der Waals surface area contributed by atoms with Crippen molar-refractivity contribution in [1.82, 2.24) is 5.43 Å². The SMILES string of the molecule is CCCOc1ccc(C(=O)Oc2ccc(/C=N\NC(=O)[C@@H](C)Oc3ccc(Cl)cc3Cl)cc2)cc1. The number of esters is 1. The van der Waals surface area contributed by atoms with E-state index in [9.17, 15) is 9.59 Å². The van der Waals surface area contributed by atoms with Crippen LogP contribution in [-0.2, 0) is 4.79 Å². The Balaban J connectivity index is 1.49. The van der Waals surface area contributed by atoms with Crippen molar-refractivity contribution < 1.29 is 23.8 Å². The summed E-state index contributed by atoms with van der Waals surface area (Å²) < 4.78 is 16.4. The minimum Gasteiger partial charge on any atom is -0.494 e. The number of hydrogen-bond acceptors (Lipinski definition) is 6. The van der Waals surface area contributed by atoms with E-state index in [1.807, 2.05) is 6.92 Å². The van der Waals surface area contributed by atoms with E-state index in [2.05, 4.69) is 10.5 Å². The first-order valence-electron chi connectivity index (χ1n) is 10.9. The van der Waals surface area contributed by atoms with Crippen molar-refractivity contribution in [2.24, 2.45) is 5.10 Å².